The first kappa shape index (κ1) is 24.0. The SMILES string of the molecule is Cc1ccc(CNC(=O)CS(=O)(=O)c2cn(CC(=O)N3CCCCCC3)c3ccccc23)cc1. The van der Waals surface area contributed by atoms with Crippen molar-refractivity contribution in [2.75, 3.05) is 18.8 Å². The molecule has 4 rings (SSSR count). The van der Waals surface area contributed by atoms with Crippen LogP contribution < -0.4 is 5.32 Å². The van der Waals surface area contributed by atoms with Crippen LogP contribution in [0.3, 0.4) is 0 Å². The molecule has 1 aliphatic heterocycles. The predicted molar refractivity (Wildman–Crippen MR) is 132 cm³/mol. The molecule has 0 unspecified atom stereocenters. The summed E-state index contributed by atoms with van der Waals surface area (Å²) in [6, 6.07) is 14.8. The number of carbonyl (C=O) groups is 2. The van der Waals surface area contributed by atoms with Crippen molar-refractivity contribution >= 4 is 32.6 Å². The zero-order chi connectivity index (χ0) is 24.1. The summed E-state index contributed by atoms with van der Waals surface area (Å²) in [6.07, 6.45) is 5.75. The van der Waals surface area contributed by atoms with Crippen LogP contribution in [0.2, 0.25) is 0 Å². The normalized spacial score (nSPS) is 14.7. The Morgan fingerprint density at radius 3 is 2.32 bits per heavy atom. The fraction of sp³-hybridized carbons (Fsp3) is 0.385. The van der Waals surface area contributed by atoms with Crippen LogP contribution in [0.25, 0.3) is 10.9 Å². The van der Waals surface area contributed by atoms with Gasteiger partial charge < -0.3 is 14.8 Å². The average Bonchev–Trinajstić information content (AvgIpc) is 2.98. The second-order valence-corrected chi connectivity index (χ2v) is 10.9. The van der Waals surface area contributed by atoms with E-state index in [1.807, 2.05) is 48.2 Å². The number of likely N-dealkylation sites (tertiary alicyclic amines) is 1. The maximum absolute atomic E-state index is 13.2. The summed E-state index contributed by atoms with van der Waals surface area (Å²) in [7, 11) is -3.90. The highest BCUT2D eigenvalue weighted by molar-refractivity contribution is 7.92. The van der Waals surface area contributed by atoms with Crippen LogP contribution >= 0.6 is 0 Å². The molecule has 1 aromatic heterocycles. The third kappa shape index (κ3) is 5.67. The molecule has 0 atom stereocenters. The van der Waals surface area contributed by atoms with Gasteiger partial charge in [0.05, 0.1) is 4.90 Å². The van der Waals surface area contributed by atoms with Crippen LogP contribution in [0.15, 0.2) is 59.6 Å². The summed E-state index contributed by atoms with van der Waals surface area (Å²) in [6.45, 7) is 3.80. The number of nitrogens with zero attached hydrogens (tertiary/aromatic N) is 2. The van der Waals surface area contributed by atoms with E-state index in [1.165, 1.54) is 6.20 Å². The molecule has 0 aliphatic carbocycles. The number of aryl methyl sites for hydroxylation is 1. The lowest BCUT2D eigenvalue weighted by molar-refractivity contribution is -0.131. The third-order valence-corrected chi connectivity index (χ3v) is 7.92. The number of hydrogen-bond acceptors (Lipinski definition) is 4. The van der Waals surface area contributed by atoms with E-state index < -0.39 is 21.5 Å². The first-order valence-electron chi connectivity index (χ1n) is 11.7. The number of aromatic nitrogens is 1. The Hall–Kier alpha value is -3.13. The molecule has 2 amide bonds. The third-order valence-electron chi connectivity index (χ3n) is 6.28. The lowest BCUT2D eigenvalue weighted by atomic mass is 10.1. The molecule has 1 aliphatic rings. The quantitative estimate of drug-likeness (QED) is 0.560. The van der Waals surface area contributed by atoms with Gasteiger partial charge in [0.2, 0.25) is 11.8 Å². The molecule has 0 spiro atoms. The summed E-state index contributed by atoms with van der Waals surface area (Å²) < 4.78 is 28.1. The minimum absolute atomic E-state index is 0.0116. The minimum Gasteiger partial charge on any atom is -0.351 e. The number of rotatable bonds is 7. The first-order valence-corrected chi connectivity index (χ1v) is 13.4. The van der Waals surface area contributed by atoms with Crippen LogP contribution in [-0.2, 0) is 32.5 Å². The van der Waals surface area contributed by atoms with Gasteiger partial charge in [-0.15, -0.1) is 0 Å². The van der Waals surface area contributed by atoms with Crippen molar-refractivity contribution < 1.29 is 18.0 Å². The van der Waals surface area contributed by atoms with Crippen LogP contribution in [0, 0.1) is 6.92 Å². The number of amides is 2. The maximum Gasteiger partial charge on any atom is 0.242 e. The van der Waals surface area contributed by atoms with E-state index in [-0.39, 0.29) is 23.9 Å². The summed E-state index contributed by atoms with van der Waals surface area (Å²) in [5.74, 6) is -1.21. The lowest BCUT2D eigenvalue weighted by Gasteiger charge is -2.20. The Kier molecular flexibility index (Phi) is 7.36. The van der Waals surface area contributed by atoms with Crippen molar-refractivity contribution in [3.8, 4) is 0 Å². The molecule has 1 saturated heterocycles. The van der Waals surface area contributed by atoms with E-state index in [1.54, 1.807) is 16.7 Å². The van der Waals surface area contributed by atoms with E-state index in [9.17, 15) is 18.0 Å². The van der Waals surface area contributed by atoms with E-state index in [2.05, 4.69) is 5.32 Å². The molecule has 2 heterocycles. The van der Waals surface area contributed by atoms with Gasteiger partial charge >= 0.3 is 0 Å². The van der Waals surface area contributed by atoms with Crippen molar-refractivity contribution in [1.29, 1.82) is 0 Å². The molecule has 1 N–H and O–H groups in total. The number of nitrogens with one attached hydrogen (secondary N) is 1. The Balaban J connectivity index is 1.50. The molecule has 0 saturated carbocycles. The summed E-state index contributed by atoms with van der Waals surface area (Å²) in [5, 5.41) is 3.22. The lowest BCUT2D eigenvalue weighted by Crippen LogP contribution is -2.34. The van der Waals surface area contributed by atoms with Crippen molar-refractivity contribution in [1.82, 2.24) is 14.8 Å². The zero-order valence-corrected chi connectivity index (χ0v) is 20.3. The summed E-state index contributed by atoms with van der Waals surface area (Å²) >= 11 is 0. The fourth-order valence-corrected chi connectivity index (χ4v) is 5.76. The number of carbonyl (C=O) groups excluding carboxylic acids is 2. The number of para-hydroxylation sites is 1. The molecule has 2 aromatic carbocycles. The van der Waals surface area contributed by atoms with E-state index in [0.29, 0.717) is 10.9 Å². The maximum atomic E-state index is 13.2. The zero-order valence-electron chi connectivity index (χ0n) is 19.5. The number of fused-ring (bicyclic) bond motifs is 1. The fourth-order valence-electron chi connectivity index (χ4n) is 4.37. The first-order chi connectivity index (χ1) is 16.3. The summed E-state index contributed by atoms with van der Waals surface area (Å²) in [4.78, 5) is 27.4. The van der Waals surface area contributed by atoms with Gasteiger partial charge in [0.15, 0.2) is 9.84 Å². The van der Waals surface area contributed by atoms with Gasteiger partial charge in [0.1, 0.15) is 12.3 Å². The molecular weight excluding hydrogens is 450 g/mol. The summed E-state index contributed by atoms with van der Waals surface area (Å²) in [5.41, 5.74) is 2.69. The second kappa shape index (κ2) is 10.4. The van der Waals surface area contributed by atoms with Crippen molar-refractivity contribution in [2.45, 2.75) is 50.6 Å². The molecule has 3 aromatic rings. The number of sulfone groups is 1. The van der Waals surface area contributed by atoms with Gasteiger partial charge in [-0.25, -0.2) is 8.42 Å². The van der Waals surface area contributed by atoms with Crippen LogP contribution in [0.4, 0.5) is 0 Å². The van der Waals surface area contributed by atoms with Gasteiger partial charge in [0.25, 0.3) is 0 Å². The average molecular weight is 482 g/mol. The van der Waals surface area contributed by atoms with Gasteiger partial charge in [-0.05, 0) is 31.4 Å². The molecule has 34 heavy (non-hydrogen) atoms. The van der Waals surface area contributed by atoms with Crippen LogP contribution in [-0.4, -0.2) is 48.5 Å². The van der Waals surface area contributed by atoms with E-state index >= 15 is 0 Å². The highest BCUT2D eigenvalue weighted by Gasteiger charge is 2.25. The second-order valence-electron chi connectivity index (χ2n) is 8.95. The largest absolute Gasteiger partial charge is 0.351 e. The van der Waals surface area contributed by atoms with Crippen molar-refractivity contribution in [3.63, 3.8) is 0 Å². The number of benzene rings is 2. The topological polar surface area (TPSA) is 88.5 Å². The van der Waals surface area contributed by atoms with E-state index in [0.717, 1.165) is 49.9 Å². The highest BCUT2D eigenvalue weighted by atomic mass is 32.2. The molecular formula is C26H31N3O4S. The predicted octanol–water partition coefficient (Wildman–Crippen LogP) is 3.44. The van der Waals surface area contributed by atoms with Gasteiger partial charge in [0, 0.05) is 36.7 Å². The molecule has 180 valence electrons. The highest BCUT2D eigenvalue weighted by Crippen LogP contribution is 2.26. The van der Waals surface area contributed by atoms with Gasteiger partial charge in [-0.2, -0.15) is 0 Å². The Labute approximate surface area is 200 Å². The van der Waals surface area contributed by atoms with Gasteiger partial charge in [-0.3, -0.25) is 9.59 Å². The standard InChI is InChI=1S/C26H31N3O4S/c1-20-10-12-21(13-11-20)16-27-25(30)19-34(32,33)24-17-29(23-9-5-4-8-22(23)24)18-26(31)28-14-6-2-3-7-15-28/h4-5,8-13,17H,2-3,6-7,14-16,18-19H2,1H3,(H,27,30). The minimum atomic E-state index is -3.90. The smallest absolute Gasteiger partial charge is 0.242 e. The molecule has 1 fully saturated rings. The van der Waals surface area contributed by atoms with Crippen LogP contribution in [0.1, 0.15) is 36.8 Å². The van der Waals surface area contributed by atoms with Crippen molar-refractivity contribution in [3.05, 3.63) is 65.9 Å². The van der Waals surface area contributed by atoms with Crippen LogP contribution in [0.5, 0.6) is 0 Å². The van der Waals surface area contributed by atoms with Gasteiger partial charge in [-0.1, -0.05) is 60.9 Å². The van der Waals surface area contributed by atoms with Crippen molar-refractivity contribution in [2.24, 2.45) is 0 Å². The Bertz CT molecular complexity index is 1270. The molecule has 8 heteroatoms. The molecule has 0 radical (unpaired) electrons. The monoisotopic (exact) mass is 481 g/mol. The molecule has 0 bridgehead atoms. The van der Waals surface area contributed by atoms with E-state index in [4.69, 9.17) is 0 Å². The Morgan fingerprint density at radius 2 is 1.62 bits per heavy atom. The Morgan fingerprint density at radius 1 is 0.941 bits per heavy atom. The molecule has 7 nitrogen and oxygen atoms in total. The number of hydrogen-bond donors (Lipinski definition) is 1.